The molecule has 0 atom stereocenters. The zero-order chi connectivity index (χ0) is 22.5. The van der Waals surface area contributed by atoms with Crippen LogP contribution in [-0.2, 0) is 27.7 Å². The Morgan fingerprint density at radius 3 is 2.94 bits per heavy atom. The van der Waals surface area contributed by atoms with Gasteiger partial charge in [0.25, 0.3) is 11.5 Å². The van der Waals surface area contributed by atoms with Gasteiger partial charge in [0.1, 0.15) is 10.7 Å². The van der Waals surface area contributed by atoms with Crippen molar-refractivity contribution in [1.29, 1.82) is 0 Å². The number of amides is 1. The average molecular weight is 474 g/mol. The summed E-state index contributed by atoms with van der Waals surface area (Å²) in [5.74, 6) is -0.314. The van der Waals surface area contributed by atoms with Gasteiger partial charge in [-0.1, -0.05) is 17.8 Å². The second-order valence-corrected chi connectivity index (χ2v) is 10.7. The van der Waals surface area contributed by atoms with Gasteiger partial charge in [0, 0.05) is 25.7 Å². The van der Waals surface area contributed by atoms with Crippen LogP contribution in [0, 0.1) is 0 Å². The molecule has 0 saturated carbocycles. The number of nitrogens with one attached hydrogen (secondary N) is 1. The summed E-state index contributed by atoms with van der Waals surface area (Å²) in [6.45, 7) is 0.599. The second kappa shape index (κ2) is 7.78. The van der Waals surface area contributed by atoms with E-state index in [1.165, 1.54) is 11.8 Å². The first-order chi connectivity index (χ1) is 15.3. The van der Waals surface area contributed by atoms with Crippen LogP contribution in [0.3, 0.4) is 0 Å². The number of nitrogens with zero attached hydrogens (tertiary/aromatic N) is 4. The Morgan fingerprint density at radius 1 is 1.25 bits per heavy atom. The third kappa shape index (κ3) is 3.48. The third-order valence-corrected chi connectivity index (χ3v) is 8.29. The lowest BCUT2D eigenvalue weighted by Crippen LogP contribution is -2.44. The highest BCUT2D eigenvalue weighted by Gasteiger charge is 2.26. The number of rotatable bonds is 5. The van der Waals surface area contributed by atoms with Crippen LogP contribution in [-0.4, -0.2) is 45.1 Å². The number of aromatic nitrogens is 4. The van der Waals surface area contributed by atoms with Crippen LogP contribution in [0.1, 0.15) is 18.5 Å². The molecule has 1 amide bonds. The molecule has 0 aromatic carbocycles. The van der Waals surface area contributed by atoms with Crippen LogP contribution in [0.4, 0.5) is 0 Å². The molecule has 3 aromatic rings. The number of fused-ring (bicyclic) bond motifs is 1. The summed E-state index contributed by atoms with van der Waals surface area (Å²) in [6.07, 6.45) is 4.16. The van der Waals surface area contributed by atoms with Gasteiger partial charge in [-0.15, -0.1) is 0 Å². The van der Waals surface area contributed by atoms with Crippen LogP contribution >= 0.6 is 11.8 Å². The Bertz CT molecular complexity index is 1510. The van der Waals surface area contributed by atoms with Crippen molar-refractivity contribution in [3.05, 3.63) is 61.9 Å². The molecule has 0 saturated heterocycles. The summed E-state index contributed by atoms with van der Waals surface area (Å²) in [5.41, 5.74) is 0.359. The number of carbonyl (C=O) groups is 1. The lowest BCUT2D eigenvalue weighted by atomic mass is 10.3. The van der Waals surface area contributed by atoms with Crippen LogP contribution in [0.15, 0.2) is 55.0 Å². The highest BCUT2D eigenvalue weighted by molar-refractivity contribution is 8.04. The fraction of sp³-hybridized carbons (Fsp3) is 0.300. The Morgan fingerprint density at radius 2 is 2.09 bits per heavy atom. The summed E-state index contributed by atoms with van der Waals surface area (Å²) in [4.78, 5) is 42.4. The number of hydrogen-bond donors (Lipinski definition) is 1. The van der Waals surface area contributed by atoms with E-state index in [1.807, 2.05) is 22.6 Å². The molecule has 2 aliphatic rings. The van der Waals surface area contributed by atoms with E-state index >= 15 is 0 Å². The van der Waals surface area contributed by atoms with Gasteiger partial charge in [0.05, 0.1) is 27.6 Å². The van der Waals surface area contributed by atoms with E-state index in [2.05, 4.69) is 10.3 Å². The standard InChI is InChI=1S/C20H19N5O5S2/c26-16-11-18-24(8-3-9-32(18,29)30)20(28)23(16)7-2-6-21-19(27)14-10-13-12-22-15-4-1-5-17(31-14)25(13)15/h1,4-5,10-12H,2-3,6-9H2,(H,21,27). The van der Waals surface area contributed by atoms with Crippen molar-refractivity contribution in [3.8, 4) is 0 Å². The smallest absolute Gasteiger partial charge is 0.331 e. The Labute approximate surface area is 186 Å². The van der Waals surface area contributed by atoms with Crippen molar-refractivity contribution >= 4 is 39.2 Å². The zero-order valence-electron chi connectivity index (χ0n) is 16.9. The van der Waals surface area contributed by atoms with Crippen molar-refractivity contribution in [1.82, 2.24) is 23.8 Å². The number of imidazole rings is 1. The van der Waals surface area contributed by atoms with E-state index in [0.29, 0.717) is 17.7 Å². The molecule has 166 valence electrons. The van der Waals surface area contributed by atoms with Gasteiger partial charge < -0.3 is 5.32 Å². The monoisotopic (exact) mass is 473 g/mol. The quantitative estimate of drug-likeness (QED) is 0.422. The van der Waals surface area contributed by atoms with Gasteiger partial charge >= 0.3 is 5.69 Å². The summed E-state index contributed by atoms with van der Waals surface area (Å²) in [6, 6.07) is 6.71. The summed E-state index contributed by atoms with van der Waals surface area (Å²) < 4.78 is 28.4. The zero-order valence-corrected chi connectivity index (χ0v) is 18.5. The van der Waals surface area contributed by atoms with E-state index in [0.717, 1.165) is 31.6 Å². The molecule has 0 spiro atoms. The van der Waals surface area contributed by atoms with Gasteiger partial charge in [-0.25, -0.2) is 18.2 Å². The van der Waals surface area contributed by atoms with Gasteiger partial charge in [0.2, 0.25) is 0 Å². The first-order valence-corrected chi connectivity index (χ1v) is 12.5. The maximum absolute atomic E-state index is 12.6. The molecule has 0 unspecified atom stereocenters. The predicted octanol–water partition coefficient (Wildman–Crippen LogP) is 0.488. The molecule has 5 heterocycles. The minimum absolute atomic E-state index is 0.0644. The first-order valence-electron chi connectivity index (χ1n) is 10.1. The number of carbonyl (C=O) groups excluding carboxylic acids is 1. The van der Waals surface area contributed by atoms with Crippen LogP contribution < -0.4 is 16.6 Å². The lowest BCUT2D eigenvalue weighted by molar-refractivity contribution is -0.116. The van der Waals surface area contributed by atoms with E-state index in [-0.39, 0.29) is 36.3 Å². The summed E-state index contributed by atoms with van der Waals surface area (Å²) in [5, 5.41) is 3.50. The lowest BCUT2D eigenvalue weighted by Gasteiger charge is -2.19. The van der Waals surface area contributed by atoms with Crippen LogP contribution in [0.5, 0.6) is 0 Å². The highest BCUT2D eigenvalue weighted by Crippen LogP contribution is 2.34. The molecule has 0 fully saturated rings. The second-order valence-electron chi connectivity index (χ2n) is 7.54. The Balaban J connectivity index is 1.26. The molecular weight excluding hydrogens is 454 g/mol. The van der Waals surface area contributed by atoms with Gasteiger partial charge in [-0.3, -0.25) is 23.1 Å². The normalized spacial score (nSPS) is 16.4. The molecule has 32 heavy (non-hydrogen) atoms. The maximum Gasteiger partial charge on any atom is 0.331 e. The topological polar surface area (TPSA) is 125 Å². The molecule has 0 bridgehead atoms. The van der Waals surface area contributed by atoms with Gasteiger partial charge in [0.15, 0.2) is 9.84 Å². The third-order valence-electron chi connectivity index (χ3n) is 5.44. The molecule has 1 N–H and O–H groups in total. The summed E-state index contributed by atoms with van der Waals surface area (Å²) in [7, 11) is -3.61. The fourth-order valence-electron chi connectivity index (χ4n) is 3.91. The molecule has 0 radical (unpaired) electrons. The number of hydrogen-bond acceptors (Lipinski definition) is 7. The minimum atomic E-state index is -3.61. The van der Waals surface area contributed by atoms with Gasteiger partial charge in [-0.2, -0.15) is 0 Å². The van der Waals surface area contributed by atoms with Crippen molar-refractivity contribution in [3.63, 3.8) is 0 Å². The Kier molecular flexibility index (Phi) is 5.05. The van der Waals surface area contributed by atoms with Crippen molar-refractivity contribution in [2.45, 2.75) is 36.0 Å². The van der Waals surface area contributed by atoms with E-state index in [1.54, 1.807) is 12.3 Å². The molecule has 0 aliphatic carbocycles. The fourth-order valence-corrected chi connectivity index (χ4v) is 6.42. The molecule has 3 aromatic heterocycles. The number of sulfone groups is 1. The van der Waals surface area contributed by atoms with E-state index in [4.69, 9.17) is 0 Å². The molecule has 5 rings (SSSR count). The molecule has 10 nitrogen and oxygen atoms in total. The SMILES string of the molecule is O=C(NCCCn1c(=O)cc2n(c1=O)CCCS2(=O)=O)C1=Cc2cnc3cccc(n23)S1. The van der Waals surface area contributed by atoms with E-state index < -0.39 is 21.1 Å². The minimum Gasteiger partial charge on any atom is -0.352 e. The Hall–Kier alpha value is -3.12. The van der Waals surface area contributed by atoms with Crippen molar-refractivity contribution in [2.75, 3.05) is 12.3 Å². The average Bonchev–Trinajstić information content (AvgIpc) is 3.18. The molecule has 2 aliphatic heterocycles. The maximum atomic E-state index is 12.6. The molecular formula is C20H19N5O5S2. The predicted molar refractivity (Wildman–Crippen MR) is 118 cm³/mol. The van der Waals surface area contributed by atoms with E-state index in [9.17, 15) is 22.8 Å². The number of thioether (sulfide) groups is 1. The van der Waals surface area contributed by atoms with Crippen LogP contribution in [0.25, 0.3) is 11.7 Å². The summed E-state index contributed by atoms with van der Waals surface area (Å²) >= 11 is 1.34. The van der Waals surface area contributed by atoms with Crippen molar-refractivity contribution < 1.29 is 13.2 Å². The molecule has 12 heteroatoms. The highest BCUT2D eigenvalue weighted by atomic mass is 32.2. The van der Waals surface area contributed by atoms with Crippen LogP contribution in [0.2, 0.25) is 0 Å². The largest absolute Gasteiger partial charge is 0.352 e. The number of pyridine rings is 1. The van der Waals surface area contributed by atoms with Gasteiger partial charge in [-0.05, 0) is 31.1 Å². The first kappa shape index (κ1) is 20.8. The van der Waals surface area contributed by atoms with Crippen molar-refractivity contribution in [2.24, 2.45) is 0 Å².